The summed E-state index contributed by atoms with van der Waals surface area (Å²) >= 11 is 1.16. The van der Waals surface area contributed by atoms with Crippen LogP contribution in [0.15, 0.2) is 35.3 Å². The van der Waals surface area contributed by atoms with Crippen LogP contribution in [-0.4, -0.2) is 54.7 Å². The van der Waals surface area contributed by atoms with Gasteiger partial charge in [-0.05, 0) is 45.4 Å². The van der Waals surface area contributed by atoms with Crippen molar-refractivity contribution in [2.24, 2.45) is 0 Å². The number of benzene rings is 1. The van der Waals surface area contributed by atoms with Crippen molar-refractivity contribution in [3.8, 4) is 16.3 Å². The highest BCUT2D eigenvalue weighted by atomic mass is 32.1. The average Bonchev–Trinajstić information content (AvgIpc) is 3.25. The maximum Gasteiger partial charge on any atom is 0.275 e. The quantitative estimate of drug-likeness (QED) is 0.538. The summed E-state index contributed by atoms with van der Waals surface area (Å²) in [5, 5.41) is 22.7. The van der Waals surface area contributed by atoms with Gasteiger partial charge in [-0.2, -0.15) is 0 Å². The van der Waals surface area contributed by atoms with Crippen molar-refractivity contribution < 1.29 is 19.1 Å². The first-order chi connectivity index (χ1) is 16.6. The lowest BCUT2D eigenvalue weighted by Crippen LogP contribution is -2.66. The fourth-order valence-corrected chi connectivity index (χ4v) is 5.33. The van der Waals surface area contributed by atoms with Crippen LogP contribution in [0.4, 0.5) is 4.39 Å². The van der Waals surface area contributed by atoms with Crippen LogP contribution in [0.2, 0.25) is 0 Å². The molecule has 184 valence electrons. The largest absolute Gasteiger partial charge is 0.503 e. The van der Waals surface area contributed by atoms with Crippen molar-refractivity contribution in [3.63, 3.8) is 0 Å². The second-order valence-electron chi connectivity index (χ2n) is 8.90. The molecule has 1 aliphatic rings. The van der Waals surface area contributed by atoms with Crippen molar-refractivity contribution in [2.45, 2.75) is 52.2 Å². The molecule has 9 nitrogen and oxygen atoms in total. The molecule has 0 radical (unpaired) electrons. The smallest absolute Gasteiger partial charge is 0.275 e. The van der Waals surface area contributed by atoms with Gasteiger partial charge in [0.1, 0.15) is 16.4 Å². The summed E-state index contributed by atoms with van der Waals surface area (Å²) in [4.78, 5) is 40.9. The van der Waals surface area contributed by atoms with Crippen molar-refractivity contribution in [2.75, 3.05) is 6.54 Å². The molecule has 1 aliphatic heterocycles. The SMILES string of the molecule is CCNC(=O)[C@]1(C)Cn2cc(-c3nnc(Cc4ccc(F)cc4)s3)c(=O)c(O)c2C(=O)N1C(C)C. The van der Waals surface area contributed by atoms with E-state index >= 15 is 0 Å². The molecule has 0 saturated carbocycles. The number of hydrogen-bond acceptors (Lipinski definition) is 7. The first kappa shape index (κ1) is 24.5. The Hall–Kier alpha value is -3.60. The van der Waals surface area contributed by atoms with Gasteiger partial charge in [-0.1, -0.05) is 23.5 Å². The summed E-state index contributed by atoms with van der Waals surface area (Å²) in [7, 11) is 0. The van der Waals surface area contributed by atoms with E-state index in [0.717, 1.165) is 16.9 Å². The predicted octanol–water partition coefficient (Wildman–Crippen LogP) is 2.56. The number of likely N-dealkylation sites (N-methyl/N-ethyl adjacent to an activating group) is 1. The van der Waals surface area contributed by atoms with Gasteiger partial charge in [0.05, 0.1) is 12.1 Å². The number of halogens is 1. The molecule has 35 heavy (non-hydrogen) atoms. The van der Waals surface area contributed by atoms with E-state index in [0.29, 0.717) is 18.0 Å². The third kappa shape index (κ3) is 4.31. The molecule has 0 fully saturated rings. The Morgan fingerprint density at radius 2 is 1.94 bits per heavy atom. The van der Waals surface area contributed by atoms with E-state index in [9.17, 15) is 23.9 Å². The normalized spacial score (nSPS) is 17.5. The third-order valence-corrected chi connectivity index (χ3v) is 6.95. The lowest BCUT2D eigenvalue weighted by molar-refractivity contribution is -0.133. The molecule has 3 heterocycles. The minimum Gasteiger partial charge on any atom is -0.503 e. The van der Waals surface area contributed by atoms with E-state index in [4.69, 9.17) is 0 Å². The van der Waals surface area contributed by atoms with Crippen LogP contribution in [0.25, 0.3) is 10.6 Å². The van der Waals surface area contributed by atoms with E-state index in [-0.39, 0.29) is 40.6 Å². The van der Waals surface area contributed by atoms with Gasteiger partial charge in [0.2, 0.25) is 11.3 Å². The van der Waals surface area contributed by atoms with Crippen LogP contribution in [0.5, 0.6) is 5.75 Å². The number of carbonyl (C=O) groups is 2. The molecular formula is C24H26FN5O4S. The zero-order valence-corrected chi connectivity index (χ0v) is 20.6. The molecule has 3 aromatic rings. The molecule has 2 aromatic heterocycles. The molecule has 2 amide bonds. The molecule has 0 aliphatic carbocycles. The number of aromatic hydroxyl groups is 1. The van der Waals surface area contributed by atoms with Crippen LogP contribution in [0, 0.1) is 5.82 Å². The van der Waals surface area contributed by atoms with E-state index in [1.807, 2.05) is 0 Å². The second-order valence-corrected chi connectivity index (χ2v) is 9.97. The molecule has 1 atom stereocenters. The molecule has 0 spiro atoms. The summed E-state index contributed by atoms with van der Waals surface area (Å²) in [6, 6.07) is 5.65. The van der Waals surface area contributed by atoms with Gasteiger partial charge < -0.3 is 19.9 Å². The summed E-state index contributed by atoms with van der Waals surface area (Å²) in [6.07, 6.45) is 1.85. The summed E-state index contributed by atoms with van der Waals surface area (Å²) < 4.78 is 14.6. The molecule has 2 N–H and O–H groups in total. The molecule has 11 heteroatoms. The van der Waals surface area contributed by atoms with Gasteiger partial charge in [0.25, 0.3) is 5.91 Å². The molecular weight excluding hydrogens is 473 g/mol. The van der Waals surface area contributed by atoms with Crippen LogP contribution in [0.1, 0.15) is 48.8 Å². The fourth-order valence-electron chi connectivity index (χ4n) is 4.44. The Labute approximate surface area is 205 Å². The number of rotatable bonds is 6. The Morgan fingerprint density at radius 3 is 2.57 bits per heavy atom. The number of amides is 2. The van der Waals surface area contributed by atoms with Crippen molar-refractivity contribution in [1.82, 2.24) is 25.0 Å². The molecule has 1 aromatic carbocycles. The lowest BCUT2D eigenvalue weighted by Gasteiger charge is -2.46. The van der Waals surface area contributed by atoms with Crippen molar-refractivity contribution in [3.05, 3.63) is 62.8 Å². The fraction of sp³-hybridized carbons (Fsp3) is 0.375. The van der Waals surface area contributed by atoms with Gasteiger partial charge in [0.15, 0.2) is 16.5 Å². The van der Waals surface area contributed by atoms with Crippen LogP contribution >= 0.6 is 11.3 Å². The summed E-state index contributed by atoms with van der Waals surface area (Å²) in [5.41, 5.74) is -1.22. The Kier molecular flexibility index (Phi) is 6.46. The predicted molar refractivity (Wildman–Crippen MR) is 129 cm³/mol. The first-order valence-corrected chi connectivity index (χ1v) is 12.0. The molecule has 0 unspecified atom stereocenters. The zero-order valence-electron chi connectivity index (χ0n) is 19.8. The topological polar surface area (TPSA) is 117 Å². The number of nitrogens with one attached hydrogen (secondary N) is 1. The van der Waals surface area contributed by atoms with Gasteiger partial charge in [-0.25, -0.2) is 4.39 Å². The highest BCUT2D eigenvalue weighted by molar-refractivity contribution is 7.14. The van der Waals surface area contributed by atoms with Gasteiger partial charge in [-0.15, -0.1) is 10.2 Å². The van der Waals surface area contributed by atoms with Gasteiger partial charge in [-0.3, -0.25) is 14.4 Å². The third-order valence-electron chi connectivity index (χ3n) is 6.00. The minimum absolute atomic E-state index is 0.0418. The maximum atomic E-state index is 13.4. The number of nitrogens with zero attached hydrogens (tertiary/aromatic N) is 4. The van der Waals surface area contributed by atoms with Crippen LogP contribution < -0.4 is 10.7 Å². The minimum atomic E-state index is -1.23. The maximum absolute atomic E-state index is 13.4. The van der Waals surface area contributed by atoms with E-state index < -0.39 is 22.6 Å². The van der Waals surface area contributed by atoms with E-state index in [1.54, 1.807) is 39.8 Å². The lowest BCUT2D eigenvalue weighted by atomic mass is 9.92. The van der Waals surface area contributed by atoms with E-state index in [1.165, 1.54) is 27.8 Å². The highest BCUT2D eigenvalue weighted by Gasteiger charge is 2.49. The number of hydrogen-bond donors (Lipinski definition) is 2. The number of fused-ring (bicyclic) bond motifs is 1. The number of aromatic nitrogens is 3. The second kappa shape index (κ2) is 9.21. The monoisotopic (exact) mass is 499 g/mol. The average molecular weight is 500 g/mol. The first-order valence-electron chi connectivity index (χ1n) is 11.2. The molecule has 4 rings (SSSR count). The van der Waals surface area contributed by atoms with Crippen molar-refractivity contribution >= 4 is 23.2 Å². The highest BCUT2D eigenvalue weighted by Crippen LogP contribution is 2.34. The van der Waals surface area contributed by atoms with Crippen LogP contribution in [0.3, 0.4) is 0 Å². The van der Waals surface area contributed by atoms with Crippen LogP contribution in [-0.2, 0) is 17.8 Å². The van der Waals surface area contributed by atoms with Gasteiger partial charge in [0, 0.05) is 25.2 Å². The zero-order chi connectivity index (χ0) is 25.5. The summed E-state index contributed by atoms with van der Waals surface area (Å²) in [5.74, 6) is -1.96. The Balaban J connectivity index is 1.76. The number of pyridine rings is 1. The Morgan fingerprint density at radius 1 is 1.26 bits per heavy atom. The van der Waals surface area contributed by atoms with Crippen molar-refractivity contribution in [1.29, 1.82) is 0 Å². The molecule has 0 bridgehead atoms. The standard InChI is InChI=1S/C24H26FN5O4S/c1-5-26-23(34)24(4)12-29-11-16(19(31)20(32)18(29)22(33)30(24)13(2)3)21-28-27-17(35-21)10-14-6-8-15(25)9-7-14/h6-9,11,13,32H,5,10,12H2,1-4H3,(H,26,34)/t24-/m0/s1. The number of carbonyl (C=O) groups excluding carboxylic acids is 2. The molecule has 0 saturated heterocycles. The van der Waals surface area contributed by atoms with Gasteiger partial charge >= 0.3 is 0 Å². The van der Waals surface area contributed by atoms with E-state index in [2.05, 4.69) is 15.5 Å². The Bertz CT molecular complexity index is 1350. The summed E-state index contributed by atoms with van der Waals surface area (Å²) in [6.45, 7) is 7.44.